The molecule has 1 aromatic rings. The minimum Gasteiger partial charge on any atom is -0.481 e. The minimum atomic E-state index is -3.99. The Morgan fingerprint density at radius 1 is 0.722 bits per heavy atom. The molecule has 0 saturated heterocycles. The van der Waals surface area contributed by atoms with Crippen LogP contribution in [0.2, 0.25) is 0 Å². The first kappa shape index (κ1) is 69.5. The molecule has 5 amide bonds. The van der Waals surface area contributed by atoms with Crippen LogP contribution in [-0.2, 0) is 69.1 Å². The standard InChI is InChI=1S/C55H92N8O15S/c1-32(2)34(5)50(55(71)60-79(72,73)44-22-23-44)59-52(68)35(6)51(75-17)39(10)63(15)47(65)30-45(74-16)37(8)61(13)38(9)49(33(3)4)58-54(70)40(11)62(14)41(12)78-31-42-18-20-43(21-19-42)57-53(69)36(7)56-46(64)24-26-76-28-29-77-27-25-48(66)67/h18-22,32-37,39-40,45-46,49-51,56,64H,9,12,23-31H2,1-8,10-11,13-17H3,(H,57,69)(H,58,70)(H,59,68)(H,60,71)(H,66,67). The predicted octanol–water partition coefficient (Wildman–Crippen LogP) is 3.52. The van der Waals surface area contributed by atoms with Crippen molar-refractivity contribution in [1.82, 2.24) is 35.4 Å². The van der Waals surface area contributed by atoms with Crippen molar-refractivity contribution >= 4 is 51.2 Å². The maximum Gasteiger partial charge on any atom is 0.305 e. The molecule has 24 heteroatoms. The summed E-state index contributed by atoms with van der Waals surface area (Å²) < 4.78 is 55.4. The first-order chi connectivity index (χ1) is 36.9. The third-order valence-electron chi connectivity index (χ3n) is 14.6. The maximum atomic E-state index is 14.0. The first-order valence-electron chi connectivity index (χ1n) is 26.7. The van der Waals surface area contributed by atoms with Gasteiger partial charge in [-0.25, -0.2) is 13.1 Å². The molecule has 448 valence electrons. The molecule has 0 saturated carbocycles. The average molecular weight is 1140 g/mol. The van der Waals surface area contributed by atoms with Crippen LogP contribution in [-0.4, -0.2) is 185 Å². The van der Waals surface area contributed by atoms with Crippen LogP contribution in [0.4, 0.5) is 5.69 Å². The van der Waals surface area contributed by atoms with Gasteiger partial charge in [0, 0.05) is 59.6 Å². The summed E-state index contributed by atoms with van der Waals surface area (Å²) in [6.07, 6.45) is -0.647. The van der Waals surface area contributed by atoms with Gasteiger partial charge in [-0.15, -0.1) is 0 Å². The molecule has 1 aliphatic rings. The zero-order valence-corrected chi connectivity index (χ0v) is 49.9. The number of allylic oxidation sites excluding steroid dienone is 2. The van der Waals surface area contributed by atoms with Crippen molar-refractivity contribution in [3.05, 3.63) is 65.5 Å². The van der Waals surface area contributed by atoms with Gasteiger partial charge in [0.15, 0.2) is 5.88 Å². The van der Waals surface area contributed by atoms with E-state index in [1.54, 1.807) is 77.9 Å². The number of hydrogen-bond acceptors (Lipinski definition) is 17. The van der Waals surface area contributed by atoms with Gasteiger partial charge in [0.1, 0.15) is 24.9 Å². The van der Waals surface area contributed by atoms with E-state index in [1.807, 2.05) is 46.6 Å². The molecule has 0 bridgehead atoms. The molecule has 11 atom stereocenters. The molecule has 79 heavy (non-hydrogen) atoms. The van der Waals surface area contributed by atoms with E-state index in [-0.39, 0.29) is 99.1 Å². The highest BCUT2D eigenvalue weighted by Gasteiger charge is 2.39. The number of likely N-dealkylation sites (N-methyl/N-ethyl adjacent to an activating group) is 3. The molecule has 0 heterocycles. The summed E-state index contributed by atoms with van der Waals surface area (Å²) in [5.41, 5.74) is 1.88. The molecule has 0 aromatic heterocycles. The maximum absolute atomic E-state index is 14.0. The van der Waals surface area contributed by atoms with E-state index in [0.717, 1.165) is 5.56 Å². The molecule has 23 nitrogen and oxygen atoms in total. The number of benzene rings is 1. The van der Waals surface area contributed by atoms with Gasteiger partial charge in [-0.2, -0.15) is 0 Å². The highest BCUT2D eigenvalue weighted by molar-refractivity contribution is 7.94. The molecule has 2 rings (SSSR count). The van der Waals surface area contributed by atoms with Crippen LogP contribution in [0.15, 0.2) is 60.0 Å². The van der Waals surface area contributed by atoms with Crippen molar-refractivity contribution in [2.45, 2.75) is 156 Å². The number of amides is 5. The number of aliphatic hydroxyl groups excluding tert-OH is 1. The number of sulfonamides is 1. The van der Waals surface area contributed by atoms with Crippen molar-refractivity contribution in [3.8, 4) is 0 Å². The van der Waals surface area contributed by atoms with E-state index in [1.165, 1.54) is 25.2 Å². The van der Waals surface area contributed by atoms with Crippen LogP contribution in [0.3, 0.4) is 0 Å². The lowest BCUT2D eigenvalue weighted by molar-refractivity contribution is -0.143. The lowest BCUT2D eigenvalue weighted by atomic mass is 9.88. The Balaban J connectivity index is 1.96. The molecule has 0 aliphatic heterocycles. The fourth-order valence-corrected chi connectivity index (χ4v) is 9.21. The zero-order chi connectivity index (χ0) is 60.1. The van der Waals surface area contributed by atoms with E-state index in [0.29, 0.717) is 11.4 Å². The number of carbonyl (C=O) groups is 6. The topological polar surface area (TPSA) is 293 Å². The number of carboxylic acids is 1. The van der Waals surface area contributed by atoms with Crippen molar-refractivity contribution in [1.29, 1.82) is 0 Å². The molecule has 0 spiro atoms. The Labute approximate surface area is 468 Å². The summed E-state index contributed by atoms with van der Waals surface area (Å²) in [4.78, 5) is 83.3. The predicted molar refractivity (Wildman–Crippen MR) is 300 cm³/mol. The van der Waals surface area contributed by atoms with Crippen molar-refractivity contribution in [2.75, 3.05) is 67.1 Å². The zero-order valence-electron chi connectivity index (χ0n) is 49.1. The summed E-state index contributed by atoms with van der Waals surface area (Å²) in [6.45, 7) is 27.3. The van der Waals surface area contributed by atoms with Gasteiger partial charge < -0.3 is 64.5 Å². The molecule has 1 aromatic carbocycles. The number of aliphatic hydroxyl groups is 1. The third-order valence-corrected chi connectivity index (χ3v) is 16.0. The Kier molecular flexibility index (Phi) is 29.2. The molecular formula is C55H92N8O15S. The quantitative estimate of drug-likeness (QED) is 0.0282. The summed E-state index contributed by atoms with van der Waals surface area (Å²) >= 11 is 0. The second-order valence-corrected chi connectivity index (χ2v) is 22.7. The number of hydrogen-bond donors (Lipinski definition) is 7. The smallest absolute Gasteiger partial charge is 0.305 e. The normalized spacial score (nSPS) is 16.5. The van der Waals surface area contributed by atoms with Crippen LogP contribution < -0.4 is 26.0 Å². The van der Waals surface area contributed by atoms with Crippen LogP contribution in [0.5, 0.6) is 0 Å². The molecular weight excluding hydrogens is 1040 g/mol. The number of methoxy groups -OCH3 is 2. The first-order valence-corrected chi connectivity index (χ1v) is 28.2. The van der Waals surface area contributed by atoms with Gasteiger partial charge in [0.2, 0.25) is 23.6 Å². The lowest BCUT2D eigenvalue weighted by Gasteiger charge is -2.40. The monoisotopic (exact) mass is 1140 g/mol. The summed E-state index contributed by atoms with van der Waals surface area (Å²) in [5.74, 6) is -4.54. The fraction of sp³-hybridized carbons (Fsp3) is 0.673. The van der Waals surface area contributed by atoms with E-state index >= 15 is 0 Å². The lowest BCUT2D eigenvalue weighted by Crippen LogP contribution is -2.56. The Morgan fingerprint density at radius 3 is 1.84 bits per heavy atom. The van der Waals surface area contributed by atoms with Gasteiger partial charge >= 0.3 is 5.97 Å². The van der Waals surface area contributed by atoms with Crippen LogP contribution >= 0.6 is 0 Å². The van der Waals surface area contributed by atoms with Crippen molar-refractivity contribution in [2.24, 2.45) is 23.7 Å². The highest BCUT2D eigenvalue weighted by atomic mass is 32.2. The van der Waals surface area contributed by atoms with Gasteiger partial charge in [-0.1, -0.05) is 66.3 Å². The number of nitrogens with zero attached hydrogens (tertiary/aromatic N) is 3. The van der Waals surface area contributed by atoms with Gasteiger partial charge in [0.05, 0.1) is 86.5 Å². The van der Waals surface area contributed by atoms with E-state index in [9.17, 15) is 42.3 Å². The van der Waals surface area contributed by atoms with Crippen LogP contribution in [0.25, 0.3) is 0 Å². The fourth-order valence-electron chi connectivity index (χ4n) is 8.17. The number of nitrogens with one attached hydrogen (secondary N) is 5. The SMILES string of the molecule is C=C(OCc1ccc(NC(=O)C(C)NC(O)CCOCCOCCC(=O)O)cc1)N(C)C(C)C(=O)NC(C(=C)N(C)C(C)C(CC(=O)N(C)C(C)C(OC)C(C)C(=O)NC(C(=O)NS(=O)(=O)C1=CC1)C(C)C(C)C)OC)C(C)C. The van der Waals surface area contributed by atoms with Gasteiger partial charge in [-0.05, 0) is 69.7 Å². The van der Waals surface area contributed by atoms with E-state index in [2.05, 4.69) is 39.1 Å². The number of ether oxygens (including phenoxy) is 5. The molecule has 0 fully saturated rings. The third kappa shape index (κ3) is 22.4. The number of rotatable bonds is 39. The molecule has 7 N–H and O–H groups in total. The van der Waals surface area contributed by atoms with Crippen molar-refractivity contribution in [3.63, 3.8) is 0 Å². The minimum absolute atomic E-state index is 0.0590. The van der Waals surface area contributed by atoms with Crippen molar-refractivity contribution < 1.29 is 71.1 Å². The number of anilines is 1. The molecule has 11 unspecified atom stereocenters. The number of aliphatic carboxylic acids is 1. The van der Waals surface area contributed by atoms with Crippen LogP contribution in [0, 0.1) is 23.7 Å². The van der Waals surface area contributed by atoms with E-state index in [4.69, 9.17) is 28.8 Å². The second-order valence-electron chi connectivity index (χ2n) is 20.9. The van der Waals surface area contributed by atoms with Crippen LogP contribution in [0.1, 0.15) is 100 Å². The van der Waals surface area contributed by atoms with E-state index < -0.39 is 94.3 Å². The second kappa shape index (κ2) is 33.2. The largest absolute Gasteiger partial charge is 0.481 e. The summed E-state index contributed by atoms with van der Waals surface area (Å²) in [5, 5.41) is 30.5. The van der Waals surface area contributed by atoms with Gasteiger partial charge in [0.25, 0.3) is 15.9 Å². The average Bonchev–Trinajstić information content (AvgIpc) is 4.26. The molecule has 0 radical (unpaired) electrons. The summed E-state index contributed by atoms with van der Waals surface area (Å²) in [7, 11) is 4.06. The Hall–Kier alpha value is -5.63. The molecule has 1 aliphatic carbocycles. The Morgan fingerprint density at radius 2 is 1.30 bits per heavy atom. The number of carbonyl (C=O) groups excluding carboxylic acids is 5. The van der Waals surface area contributed by atoms with Gasteiger partial charge in [-0.3, -0.25) is 34.1 Å². The summed E-state index contributed by atoms with van der Waals surface area (Å²) in [6, 6.07) is 2.81. The Bertz CT molecular complexity index is 2330. The number of carboxylic acid groups (broad SMARTS) is 1. The highest BCUT2D eigenvalue weighted by Crippen LogP contribution is 2.26.